The highest BCUT2D eigenvalue weighted by molar-refractivity contribution is 6.64. The first-order valence-electron chi connectivity index (χ1n) is 6.85. The minimum absolute atomic E-state index is 0.128. The number of ether oxygens (including phenoxy) is 3. The Kier molecular flexibility index (Phi) is 9.64. The fraction of sp³-hybridized carbons (Fsp3) is 0.917. The van der Waals surface area contributed by atoms with E-state index in [2.05, 4.69) is 25.8 Å². The number of alkyl halides is 9. The topological polar surface area (TPSA) is 44.8 Å². The third-order valence-corrected chi connectivity index (χ3v) is 2.82. The number of carbonyl (C=O) groups excluding carboxylic acids is 1. The molecular weight excluding hydrogens is 415 g/mol. The van der Waals surface area contributed by atoms with Crippen molar-refractivity contribution in [2.75, 3.05) is 19.8 Å². The molecule has 0 aliphatic rings. The Morgan fingerprint density at radius 2 is 1.23 bits per heavy atom. The van der Waals surface area contributed by atoms with Crippen molar-refractivity contribution < 1.29 is 58.5 Å². The Morgan fingerprint density at radius 1 is 0.808 bits per heavy atom. The molecule has 0 saturated carbocycles. The lowest BCUT2D eigenvalue weighted by atomic mass is 10.3. The van der Waals surface area contributed by atoms with Crippen LogP contribution >= 0.6 is 11.6 Å². The van der Waals surface area contributed by atoms with E-state index < -0.39 is 61.9 Å². The maximum absolute atomic E-state index is 12.7. The van der Waals surface area contributed by atoms with Gasteiger partial charge in [-0.1, -0.05) is 6.92 Å². The van der Waals surface area contributed by atoms with Crippen LogP contribution in [0.15, 0.2) is 0 Å². The van der Waals surface area contributed by atoms with Gasteiger partial charge in [0.1, 0.15) is 0 Å². The van der Waals surface area contributed by atoms with Crippen LogP contribution in [-0.4, -0.2) is 61.9 Å². The summed E-state index contributed by atoms with van der Waals surface area (Å²) in [5.41, 5.74) is 0. The Morgan fingerprint density at radius 3 is 1.58 bits per heavy atom. The molecule has 0 saturated heterocycles. The van der Waals surface area contributed by atoms with Gasteiger partial charge in [0.25, 0.3) is 5.24 Å². The predicted molar refractivity (Wildman–Crippen MR) is 68.5 cm³/mol. The standard InChI is InChI=1S/C12H14ClF9O4/c1-2-3-24-6(10(14,15)16)4-25-7(11(17,18)19)5-26-8(9(13)23)12(20,21)22/h6-8H,2-5H2,1H3. The fourth-order valence-electron chi connectivity index (χ4n) is 1.41. The average molecular weight is 429 g/mol. The molecule has 0 N–H and O–H groups in total. The highest BCUT2D eigenvalue weighted by Gasteiger charge is 2.49. The van der Waals surface area contributed by atoms with Gasteiger partial charge in [0, 0.05) is 6.61 Å². The third kappa shape index (κ3) is 9.24. The summed E-state index contributed by atoms with van der Waals surface area (Å²) in [6.07, 6.45) is -25.0. The molecule has 0 radical (unpaired) electrons. The molecule has 0 aromatic heterocycles. The van der Waals surface area contributed by atoms with Crippen molar-refractivity contribution in [3.63, 3.8) is 0 Å². The molecule has 4 nitrogen and oxygen atoms in total. The Balaban J connectivity index is 5.03. The van der Waals surface area contributed by atoms with E-state index in [1.807, 2.05) is 0 Å². The minimum atomic E-state index is -5.41. The molecule has 0 rings (SSSR count). The molecule has 0 aliphatic carbocycles. The number of hydrogen-bond acceptors (Lipinski definition) is 4. The van der Waals surface area contributed by atoms with Gasteiger partial charge >= 0.3 is 18.5 Å². The Labute approximate surface area is 146 Å². The van der Waals surface area contributed by atoms with Crippen molar-refractivity contribution in [3.05, 3.63) is 0 Å². The molecule has 0 aliphatic heterocycles. The second-order valence-electron chi connectivity index (χ2n) is 4.82. The summed E-state index contributed by atoms with van der Waals surface area (Å²) < 4.78 is 125. The zero-order valence-corrected chi connectivity index (χ0v) is 13.7. The van der Waals surface area contributed by atoms with Crippen LogP contribution in [0.3, 0.4) is 0 Å². The number of carbonyl (C=O) groups is 1. The first-order valence-corrected chi connectivity index (χ1v) is 7.22. The number of hydrogen-bond donors (Lipinski definition) is 0. The second-order valence-corrected chi connectivity index (χ2v) is 5.20. The SMILES string of the molecule is CCCOC(COC(COC(C(=O)Cl)C(F)(F)F)C(F)(F)F)C(F)(F)F. The molecule has 3 unspecified atom stereocenters. The lowest BCUT2D eigenvalue weighted by Crippen LogP contribution is -2.45. The van der Waals surface area contributed by atoms with Gasteiger partial charge in [-0.2, -0.15) is 39.5 Å². The molecule has 0 amide bonds. The van der Waals surface area contributed by atoms with Crippen LogP contribution in [0.1, 0.15) is 13.3 Å². The van der Waals surface area contributed by atoms with E-state index in [1.165, 1.54) is 6.92 Å². The van der Waals surface area contributed by atoms with Crippen molar-refractivity contribution in [3.8, 4) is 0 Å². The minimum Gasteiger partial charge on any atom is -0.366 e. The van der Waals surface area contributed by atoms with Gasteiger partial charge in [-0.15, -0.1) is 0 Å². The van der Waals surface area contributed by atoms with Gasteiger partial charge < -0.3 is 14.2 Å². The molecule has 156 valence electrons. The second kappa shape index (κ2) is 9.95. The molecule has 14 heteroatoms. The van der Waals surface area contributed by atoms with Crippen molar-refractivity contribution in [1.29, 1.82) is 0 Å². The summed E-state index contributed by atoms with van der Waals surface area (Å²) in [4.78, 5) is 10.6. The summed E-state index contributed by atoms with van der Waals surface area (Å²) in [7, 11) is 0. The molecule has 26 heavy (non-hydrogen) atoms. The van der Waals surface area contributed by atoms with Crippen LogP contribution in [0.25, 0.3) is 0 Å². The van der Waals surface area contributed by atoms with Crippen molar-refractivity contribution >= 4 is 16.8 Å². The molecule has 0 spiro atoms. The Bertz CT molecular complexity index is 436. The molecule has 3 atom stereocenters. The van der Waals surface area contributed by atoms with E-state index in [9.17, 15) is 44.3 Å². The van der Waals surface area contributed by atoms with Gasteiger partial charge in [0.05, 0.1) is 13.2 Å². The quantitative estimate of drug-likeness (QED) is 0.390. The summed E-state index contributed by atoms with van der Waals surface area (Å²) in [5, 5.41) is -2.14. The maximum Gasteiger partial charge on any atom is 0.423 e. The lowest BCUT2D eigenvalue weighted by molar-refractivity contribution is -0.280. The monoisotopic (exact) mass is 428 g/mol. The van der Waals surface area contributed by atoms with Gasteiger partial charge in [-0.3, -0.25) is 4.79 Å². The van der Waals surface area contributed by atoms with Crippen LogP contribution in [0.2, 0.25) is 0 Å². The zero-order chi connectivity index (χ0) is 20.8. The molecule has 0 bridgehead atoms. The first kappa shape index (κ1) is 25.2. The molecule has 0 aromatic carbocycles. The van der Waals surface area contributed by atoms with E-state index in [0.717, 1.165) is 0 Å². The summed E-state index contributed by atoms with van der Waals surface area (Å²) in [6.45, 7) is -2.52. The van der Waals surface area contributed by atoms with Gasteiger partial charge in [-0.25, -0.2) is 0 Å². The third-order valence-electron chi connectivity index (χ3n) is 2.62. The summed E-state index contributed by atoms with van der Waals surface area (Å²) in [5.74, 6) is 0. The van der Waals surface area contributed by atoms with Gasteiger partial charge in [0.2, 0.25) is 6.10 Å². The smallest absolute Gasteiger partial charge is 0.366 e. The first-order chi connectivity index (χ1) is 11.6. The van der Waals surface area contributed by atoms with Crippen molar-refractivity contribution in [1.82, 2.24) is 0 Å². The molecular formula is C12H14ClF9O4. The molecule has 0 fully saturated rings. The van der Waals surface area contributed by atoms with Crippen LogP contribution in [0, 0.1) is 0 Å². The summed E-state index contributed by atoms with van der Waals surface area (Å²) >= 11 is 4.60. The normalized spacial score (nSPS) is 17.0. The van der Waals surface area contributed by atoms with Crippen LogP contribution in [0.4, 0.5) is 39.5 Å². The molecule has 0 heterocycles. The van der Waals surface area contributed by atoms with Crippen molar-refractivity contribution in [2.45, 2.75) is 50.2 Å². The predicted octanol–water partition coefficient (Wildman–Crippen LogP) is 4.00. The average Bonchev–Trinajstić information content (AvgIpc) is 2.40. The van der Waals surface area contributed by atoms with Crippen LogP contribution in [0.5, 0.6) is 0 Å². The van der Waals surface area contributed by atoms with E-state index in [0.29, 0.717) is 0 Å². The Hall–Kier alpha value is -0.790. The van der Waals surface area contributed by atoms with Gasteiger partial charge in [0.15, 0.2) is 12.2 Å². The van der Waals surface area contributed by atoms with Crippen LogP contribution in [-0.2, 0) is 19.0 Å². The largest absolute Gasteiger partial charge is 0.423 e. The van der Waals surface area contributed by atoms with E-state index in [1.54, 1.807) is 0 Å². The van der Waals surface area contributed by atoms with E-state index in [-0.39, 0.29) is 6.42 Å². The van der Waals surface area contributed by atoms with Crippen LogP contribution < -0.4 is 0 Å². The zero-order valence-electron chi connectivity index (χ0n) is 13.0. The number of rotatable bonds is 10. The molecule has 0 aromatic rings. The lowest BCUT2D eigenvalue weighted by Gasteiger charge is -2.26. The summed E-state index contributed by atoms with van der Waals surface area (Å²) in [6, 6.07) is 0. The van der Waals surface area contributed by atoms with Gasteiger partial charge in [-0.05, 0) is 18.0 Å². The van der Waals surface area contributed by atoms with Crippen molar-refractivity contribution in [2.24, 2.45) is 0 Å². The number of halogens is 10. The van der Waals surface area contributed by atoms with E-state index >= 15 is 0 Å². The highest BCUT2D eigenvalue weighted by atomic mass is 35.5. The maximum atomic E-state index is 12.7. The van der Waals surface area contributed by atoms with E-state index in [4.69, 9.17) is 0 Å². The highest BCUT2D eigenvalue weighted by Crippen LogP contribution is 2.30. The fourth-order valence-corrected chi connectivity index (χ4v) is 1.60.